The van der Waals surface area contributed by atoms with Crippen LogP contribution in [-0.4, -0.2) is 26.7 Å². The molecule has 1 aromatic carbocycles. The van der Waals surface area contributed by atoms with Crippen LogP contribution in [0, 0.1) is 18.7 Å². The summed E-state index contributed by atoms with van der Waals surface area (Å²) in [4.78, 5) is -0.0379. The first-order chi connectivity index (χ1) is 9.27. The van der Waals surface area contributed by atoms with Gasteiger partial charge in [-0.2, -0.15) is 0 Å². The lowest BCUT2D eigenvalue weighted by atomic mass is 10.1. The van der Waals surface area contributed by atoms with E-state index in [1.807, 2.05) is 6.92 Å². The smallest absolute Gasteiger partial charge is 0.240 e. The molecule has 0 amide bonds. The molecule has 0 radical (unpaired) electrons. The van der Waals surface area contributed by atoms with Crippen molar-refractivity contribution in [3.05, 3.63) is 23.5 Å². The maximum atomic E-state index is 13.4. The number of hydrogen-bond acceptors (Lipinski definition) is 4. The van der Waals surface area contributed by atoms with Gasteiger partial charge in [-0.25, -0.2) is 17.5 Å². The van der Waals surface area contributed by atoms with Gasteiger partial charge in [-0.3, -0.25) is 0 Å². The number of nitrogen functional groups attached to an aromatic ring is 1. The third-order valence-electron chi connectivity index (χ3n) is 3.04. The SMILES string of the molecule is Cc1cc(S(=O)(=O)NCCCC(C)CO)cc(N)c1F. The molecule has 0 aromatic heterocycles. The van der Waals surface area contributed by atoms with Crippen molar-refractivity contribution < 1.29 is 17.9 Å². The molecular formula is C13H21FN2O3S. The molecule has 0 saturated heterocycles. The van der Waals surface area contributed by atoms with Crippen LogP contribution < -0.4 is 10.5 Å². The van der Waals surface area contributed by atoms with Crippen LogP contribution >= 0.6 is 0 Å². The quantitative estimate of drug-likeness (QED) is 0.524. The van der Waals surface area contributed by atoms with Gasteiger partial charge < -0.3 is 10.8 Å². The Morgan fingerprint density at radius 3 is 2.65 bits per heavy atom. The average molecular weight is 304 g/mol. The standard InChI is InChI=1S/C13H21FN2O3S/c1-9(8-17)4-3-5-16-20(18,19)11-6-10(2)13(14)12(15)7-11/h6-7,9,16-17H,3-5,8,15H2,1-2H3. The van der Waals surface area contributed by atoms with Gasteiger partial charge >= 0.3 is 0 Å². The van der Waals surface area contributed by atoms with Crippen molar-refractivity contribution in [1.29, 1.82) is 0 Å². The van der Waals surface area contributed by atoms with E-state index < -0.39 is 15.8 Å². The highest BCUT2D eigenvalue weighted by molar-refractivity contribution is 7.89. The lowest BCUT2D eigenvalue weighted by Gasteiger charge is -2.10. The predicted molar refractivity (Wildman–Crippen MR) is 76.2 cm³/mol. The van der Waals surface area contributed by atoms with Gasteiger partial charge in [0, 0.05) is 13.2 Å². The van der Waals surface area contributed by atoms with Crippen molar-refractivity contribution in [1.82, 2.24) is 4.72 Å². The van der Waals surface area contributed by atoms with Gasteiger partial charge in [0.15, 0.2) is 0 Å². The van der Waals surface area contributed by atoms with Gasteiger partial charge in [-0.15, -0.1) is 0 Å². The summed E-state index contributed by atoms with van der Waals surface area (Å²) in [5.74, 6) is -0.455. The summed E-state index contributed by atoms with van der Waals surface area (Å²) in [6, 6.07) is 2.37. The van der Waals surface area contributed by atoms with Gasteiger partial charge in [-0.05, 0) is 43.4 Å². The van der Waals surface area contributed by atoms with E-state index in [1.54, 1.807) is 0 Å². The number of hydrogen-bond donors (Lipinski definition) is 3. The summed E-state index contributed by atoms with van der Waals surface area (Å²) < 4.78 is 39.9. The Morgan fingerprint density at radius 1 is 1.45 bits per heavy atom. The zero-order chi connectivity index (χ0) is 15.3. The number of aryl methyl sites for hydroxylation is 1. The number of nitrogens with two attached hydrogens (primary N) is 1. The van der Waals surface area contributed by atoms with Crippen molar-refractivity contribution in [3.8, 4) is 0 Å². The van der Waals surface area contributed by atoms with E-state index in [1.165, 1.54) is 13.0 Å². The number of nitrogens with one attached hydrogen (secondary N) is 1. The first-order valence-electron chi connectivity index (χ1n) is 6.44. The fraction of sp³-hybridized carbons (Fsp3) is 0.538. The predicted octanol–water partition coefficient (Wildman–Crippen LogP) is 1.40. The number of anilines is 1. The second-order valence-corrected chi connectivity index (χ2v) is 6.74. The summed E-state index contributed by atoms with van der Waals surface area (Å²) in [5, 5.41) is 8.87. The van der Waals surface area contributed by atoms with Gasteiger partial charge in [0.05, 0.1) is 10.6 Å². The number of rotatable bonds is 7. The fourth-order valence-corrected chi connectivity index (χ4v) is 2.94. The van der Waals surface area contributed by atoms with Crippen molar-refractivity contribution in [3.63, 3.8) is 0 Å². The highest BCUT2D eigenvalue weighted by atomic mass is 32.2. The van der Waals surface area contributed by atoms with E-state index in [-0.39, 0.29) is 35.2 Å². The molecule has 1 rings (SSSR count). The Bertz CT molecular complexity index is 538. The number of aliphatic hydroxyl groups is 1. The van der Waals surface area contributed by atoms with Crippen molar-refractivity contribution in [2.45, 2.75) is 31.6 Å². The number of sulfonamides is 1. The molecule has 1 atom stereocenters. The molecule has 4 N–H and O–H groups in total. The molecule has 0 aliphatic carbocycles. The number of benzene rings is 1. The topological polar surface area (TPSA) is 92.4 Å². The molecule has 0 fully saturated rings. The van der Waals surface area contributed by atoms with Gasteiger partial charge in [0.25, 0.3) is 0 Å². The molecule has 1 unspecified atom stereocenters. The summed E-state index contributed by atoms with van der Waals surface area (Å²) in [6.45, 7) is 3.70. The third-order valence-corrected chi connectivity index (χ3v) is 4.48. The summed E-state index contributed by atoms with van der Waals surface area (Å²) >= 11 is 0. The maximum absolute atomic E-state index is 13.4. The van der Waals surface area contributed by atoms with E-state index in [0.717, 1.165) is 12.5 Å². The van der Waals surface area contributed by atoms with Crippen LogP contribution in [0.2, 0.25) is 0 Å². The average Bonchev–Trinajstić information content (AvgIpc) is 2.40. The zero-order valence-corrected chi connectivity index (χ0v) is 12.5. The minimum atomic E-state index is -3.69. The third kappa shape index (κ3) is 4.43. The molecule has 5 nitrogen and oxygen atoms in total. The Balaban J connectivity index is 2.70. The first-order valence-corrected chi connectivity index (χ1v) is 7.92. The van der Waals surface area contributed by atoms with Crippen molar-refractivity contribution >= 4 is 15.7 Å². The van der Waals surface area contributed by atoms with Crippen molar-refractivity contribution in [2.75, 3.05) is 18.9 Å². The van der Waals surface area contributed by atoms with Crippen LogP contribution in [0.25, 0.3) is 0 Å². The van der Waals surface area contributed by atoms with Crippen LogP contribution in [-0.2, 0) is 10.0 Å². The fourth-order valence-electron chi connectivity index (χ4n) is 1.75. The zero-order valence-electron chi connectivity index (χ0n) is 11.7. The van der Waals surface area contributed by atoms with E-state index in [0.29, 0.717) is 6.42 Å². The van der Waals surface area contributed by atoms with Crippen LogP contribution in [0.1, 0.15) is 25.3 Å². The Labute approximate surface area is 119 Å². The maximum Gasteiger partial charge on any atom is 0.240 e. The van der Waals surface area contributed by atoms with Crippen LogP contribution in [0.5, 0.6) is 0 Å². The second kappa shape index (κ2) is 7.01. The number of aliphatic hydroxyl groups excluding tert-OH is 1. The highest BCUT2D eigenvalue weighted by Crippen LogP contribution is 2.20. The van der Waals surface area contributed by atoms with E-state index >= 15 is 0 Å². The molecule has 114 valence electrons. The first kappa shape index (κ1) is 16.9. The van der Waals surface area contributed by atoms with Gasteiger partial charge in [0.2, 0.25) is 10.0 Å². The summed E-state index contributed by atoms with van der Waals surface area (Å²) in [6.07, 6.45) is 1.35. The minimum Gasteiger partial charge on any atom is -0.396 e. The van der Waals surface area contributed by atoms with E-state index in [9.17, 15) is 12.8 Å². The Hall–Kier alpha value is -1.18. The molecule has 0 saturated carbocycles. The highest BCUT2D eigenvalue weighted by Gasteiger charge is 2.17. The molecule has 20 heavy (non-hydrogen) atoms. The number of halogens is 1. The molecule has 0 aliphatic rings. The minimum absolute atomic E-state index is 0.0379. The molecule has 0 spiro atoms. The molecule has 0 heterocycles. The lowest BCUT2D eigenvalue weighted by molar-refractivity contribution is 0.228. The summed E-state index contributed by atoms with van der Waals surface area (Å²) in [7, 11) is -3.69. The van der Waals surface area contributed by atoms with Gasteiger partial charge in [-0.1, -0.05) is 6.92 Å². The van der Waals surface area contributed by atoms with Crippen LogP contribution in [0.4, 0.5) is 10.1 Å². The monoisotopic (exact) mass is 304 g/mol. The molecule has 7 heteroatoms. The van der Waals surface area contributed by atoms with Crippen LogP contribution in [0.3, 0.4) is 0 Å². The normalized spacial score (nSPS) is 13.4. The van der Waals surface area contributed by atoms with Gasteiger partial charge in [0.1, 0.15) is 5.82 Å². The molecular weight excluding hydrogens is 283 g/mol. The second-order valence-electron chi connectivity index (χ2n) is 4.97. The lowest BCUT2D eigenvalue weighted by Crippen LogP contribution is -2.25. The molecule has 1 aromatic rings. The summed E-state index contributed by atoms with van der Waals surface area (Å²) in [5.41, 5.74) is 5.45. The van der Waals surface area contributed by atoms with E-state index in [2.05, 4.69) is 4.72 Å². The molecule has 0 bridgehead atoms. The largest absolute Gasteiger partial charge is 0.396 e. The van der Waals surface area contributed by atoms with Crippen LogP contribution in [0.15, 0.2) is 17.0 Å². The van der Waals surface area contributed by atoms with E-state index in [4.69, 9.17) is 10.8 Å². The van der Waals surface area contributed by atoms with Crippen molar-refractivity contribution in [2.24, 2.45) is 5.92 Å². The molecule has 0 aliphatic heterocycles. The Kier molecular flexibility index (Phi) is 5.91. The Morgan fingerprint density at radius 2 is 2.10 bits per heavy atom.